The fourth-order valence-corrected chi connectivity index (χ4v) is 5.19. The molecule has 0 saturated carbocycles. The maximum Gasteiger partial charge on any atom is 0.271 e. The first-order chi connectivity index (χ1) is 14.6. The zero-order valence-corrected chi connectivity index (χ0v) is 17.8. The van der Waals surface area contributed by atoms with Crippen molar-refractivity contribution >= 4 is 33.7 Å². The molecule has 0 aliphatic carbocycles. The molecular weight excluding hydrogens is 400 g/mol. The molecule has 9 heteroatoms. The molecule has 5 heterocycles. The smallest absolute Gasteiger partial charge is 0.271 e. The highest BCUT2D eigenvalue weighted by Gasteiger charge is 2.28. The molecule has 2 saturated heterocycles. The van der Waals surface area contributed by atoms with Gasteiger partial charge in [-0.15, -0.1) is 11.3 Å². The molecule has 5 rings (SSSR count). The summed E-state index contributed by atoms with van der Waals surface area (Å²) in [6, 6.07) is 2.17. The van der Waals surface area contributed by atoms with Gasteiger partial charge in [-0.05, 0) is 37.8 Å². The number of hydrogen-bond donors (Lipinski definition) is 2. The Morgan fingerprint density at radius 3 is 2.83 bits per heavy atom. The van der Waals surface area contributed by atoms with E-state index in [1.807, 2.05) is 24.0 Å². The fraction of sp³-hybridized carbons (Fsp3) is 0.476. The van der Waals surface area contributed by atoms with Gasteiger partial charge in [0.05, 0.1) is 11.6 Å². The molecule has 158 valence electrons. The molecule has 2 fully saturated rings. The number of aliphatic hydroxyl groups excluding tert-OH is 1. The van der Waals surface area contributed by atoms with Crippen LogP contribution in [-0.2, 0) is 0 Å². The van der Waals surface area contributed by atoms with Gasteiger partial charge < -0.3 is 24.6 Å². The van der Waals surface area contributed by atoms with Crippen LogP contribution < -0.4 is 15.1 Å². The van der Waals surface area contributed by atoms with E-state index in [0.29, 0.717) is 5.69 Å². The molecule has 30 heavy (non-hydrogen) atoms. The van der Waals surface area contributed by atoms with Crippen molar-refractivity contribution in [3.8, 4) is 0 Å². The molecule has 1 atom stereocenters. The lowest BCUT2D eigenvalue weighted by Crippen LogP contribution is -2.38. The number of aliphatic hydroxyl groups is 1. The summed E-state index contributed by atoms with van der Waals surface area (Å²) in [6.45, 7) is 5.26. The number of anilines is 2. The second kappa shape index (κ2) is 7.88. The summed E-state index contributed by atoms with van der Waals surface area (Å²) in [7, 11) is 0. The molecule has 2 aliphatic heterocycles. The monoisotopic (exact) mass is 426 g/mol. The highest BCUT2D eigenvalue weighted by molar-refractivity contribution is 7.13. The number of piperidine rings is 1. The Hall–Kier alpha value is -2.65. The summed E-state index contributed by atoms with van der Waals surface area (Å²) >= 11 is 1.49. The highest BCUT2D eigenvalue weighted by atomic mass is 32.1. The minimum absolute atomic E-state index is 0.0742. The van der Waals surface area contributed by atoms with E-state index in [-0.39, 0.29) is 18.1 Å². The molecule has 0 bridgehead atoms. The Labute approximate surface area is 179 Å². The number of aryl methyl sites for hydroxylation is 1. The molecule has 0 spiro atoms. The van der Waals surface area contributed by atoms with Gasteiger partial charge in [-0.1, -0.05) is 0 Å². The number of hydrogen-bond acceptors (Lipinski definition) is 7. The van der Waals surface area contributed by atoms with Crippen LogP contribution >= 0.6 is 11.3 Å². The fourth-order valence-electron chi connectivity index (χ4n) is 4.33. The van der Waals surface area contributed by atoms with E-state index in [4.69, 9.17) is 0 Å². The lowest BCUT2D eigenvalue weighted by atomic mass is 10.1. The second-order valence-corrected chi connectivity index (χ2v) is 8.98. The van der Waals surface area contributed by atoms with Crippen LogP contribution in [0.3, 0.4) is 0 Å². The Balaban J connectivity index is 1.23. The van der Waals surface area contributed by atoms with Gasteiger partial charge in [-0.3, -0.25) is 4.79 Å². The van der Waals surface area contributed by atoms with Gasteiger partial charge in [0.1, 0.15) is 5.69 Å². The highest BCUT2D eigenvalue weighted by Crippen LogP contribution is 2.27. The summed E-state index contributed by atoms with van der Waals surface area (Å²) < 4.78 is 2.10. The van der Waals surface area contributed by atoms with Gasteiger partial charge in [-0.2, -0.15) is 0 Å². The third-order valence-corrected chi connectivity index (χ3v) is 6.94. The van der Waals surface area contributed by atoms with Crippen LogP contribution in [-0.4, -0.2) is 63.7 Å². The van der Waals surface area contributed by atoms with E-state index in [1.165, 1.54) is 16.9 Å². The Bertz CT molecular complexity index is 1050. The van der Waals surface area contributed by atoms with Gasteiger partial charge >= 0.3 is 0 Å². The first kappa shape index (κ1) is 19.3. The van der Waals surface area contributed by atoms with Crippen molar-refractivity contribution in [3.63, 3.8) is 0 Å². The summed E-state index contributed by atoms with van der Waals surface area (Å²) in [5.41, 5.74) is 2.80. The van der Waals surface area contributed by atoms with Gasteiger partial charge in [-0.25, -0.2) is 9.97 Å². The van der Waals surface area contributed by atoms with Crippen LogP contribution in [0.1, 0.15) is 35.3 Å². The molecular formula is C21H26N6O2S. The number of nitrogens with one attached hydrogen (secondary N) is 1. The number of amides is 1. The largest absolute Gasteiger partial charge is 0.393 e. The summed E-state index contributed by atoms with van der Waals surface area (Å²) in [5, 5.41) is 15.5. The molecule has 1 unspecified atom stereocenters. The molecule has 1 amide bonds. The van der Waals surface area contributed by atoms with E-state index in [0.717, 1.165) is 61.9 Å². The summed E-state index contributed by atoms with van der Waals surface area (Å²) in [6.07, 6.45) is 8.00. The van der Waals surface area contributed by atoms with Crippen LogP contribution in [0, 0.1) is 6.92 Å². The number of carbonyl (C=O) groups excluding carboxylic acids is 1. The van der Waals surface area contributed by atoms with Crippen molar-refractivity contribution in [1.82, 2.24) is 19.7 Å². The number of aromatic nitrogens is 3. The third-order valence-electron chi connectivity index (χ3n) is 6.04. The van der Waals surface area contributed by atoms with E-state index >= 15 is 0 Å². The Morgan fingerprint density at radius 2 is 2.00 bits per heavy atom. The predicted octanol–water partition coefficient (Wildman–Crippen LogP) is 2.07. The number of rotatable bonds is 4. The molecule has 3 aromatic heterocycles. The van der Waals surface area contributed by atoms with Crippen LogP contribution in [0.15, 0.2) is 30.0 Å². The third kappa shape index (κ3) is 3.63. The van der Waals surface area contributed by atoms with Crippen molar-refractivity contribution in [3.05, 3.63) is 41.3 Å². The zero-order valence-electron chi connectivity index (χ0n) is 17.0. The minimum atomic E-state index is -0.217. The summed E-state index contributed by atoms with van der Waals surface area (Å²) in [5.74, 6) is 0.853. The van der Waals surface area contributed by atoms with Crippen LogP contribution in [0.2, 0.25) is 0 Å². The SMILES string of the molecule is Cc1ccn2ccnc(N3CCC(NC(=O)c4csc(N5CCC(O)CC5)n4)C3)c12. The quantitative estimate of drug-likeness (QED) is 0.664. The Morgan fingerprint density at radius 1 is 1.20 bits per heavy atom. The van der Waals surface area contributed by atoms with Crippen molar-refractivity contribution in [2.45, 2.75) is 38.3 Å². The lowest BCUT2D eigenvalue weighted by Gasteiger charge is -2.29. The van der Waals surface area contributed by atoms with E-state index < -0.39 is 0 Å². The molecule has 0 radical (unpaired) electrons. The molecule has 2 N–H and O–H groups in total. The lowest BCUT2D eigenvalue weighted by molar-refractivity contribution is 0.0936. The van der Waals surface area contributed by atoms with Crippen LogP contribution in [0.25, 0.3) is 5.52 Å². The van der Waals surface area contributed by atoms with Crippen molar-refractivity contribution in [2.24, 2.45) is 0 Å². The Kier molecular flexibility index (Phi) is 5.08. The van der Waals surface area contributed by atoms with Gasteiger partial charge in [0.15, 0.2) is 10.9 Å². The van der Waals surface area contributed by atoms with Crippen molar-refractivity contribution in [2.75, 3.05) is 36.0 Å². The average Bonchev–Trinajstić information content (AvgIpc) is 3.49. The topological polar surface area (TPSA) is 86.0 Å². The first-order valence-corrected chi connectivity index (χ1v) is 11.3. The van der Waals surface area contributed by atoms with Gasteiger partial charge in [0.2, 0.25) is 0 Å². The number of nitrogens with zero attached hydrogens (tertiary/aromatic N) is 5. The maximum atomic E-state index is 12.8. The second-order valence-electron chi connectivity index (χ2n) is 8.14. The molecule has 0 aromatic carbocycles. The maximum absolute atomic E-state index is 12.8. The molecule has 8 nitrogen and oxygen atoms in total. The zero-order chi connectivity index (χ0) is 20.7. The van der Waals surface area contributed by atoms with Gasteiger partial charge in [0, 0.05) is 56.2 Å². The van der Waals surface area contributed by atoms with Crippen molar-refractivity contribution < 1.29 is 9.90 Å². The average molecular weight is 427 g/mol. The molecule has 2 aliphatic rings. The number of fused-ring (bicyclic) bond motifs is 1. The van der Waals surface area contributed by atoms with Crippen molar-refractivity contribution in [1.29, 1.82) is 0 Å². The summed E-state index contributed by atoms with van der Waals surface area (Å²) in [4.78, 5) is 26.3. The van der Waals surface area contributed by atoms with Gasteiger partial charge in [0.25, 0.3) is 5.91 Å². The van der Waals surface area contributed by atoms with E-state index in [9.17, 15) is 9.90 Å². The van der Waals surface area contributed by atoms with Crippen LogP contribution in [0.4, 0.5) is 10.9 Å². The minimum Gasteiger partial charge on any atom is -0.393 e. The van der Waals surface area contributed by atoms with Crippen LogP contribution in [0.5, 0.6) is 0 Å². The number of thiazole rings is 1. The van der Waals surface area contributed by atoms with E-state index in [2.05, 4.69) is 42.5 Å². The molecule has 3 aromatic rings. The standard InChI is InChI=1S/C21H26N6O2S/c1-14-2-7-25-11-6-22-19(18(14)25)27-8-3-15(12-27)23-20(29)17-13-30-21(24-17)26-9-4-16(28)5-10-26/h2,6-7,11,13,15-16,28H,3-5,8-10,12H2,1H3,(H,23,29). The van der Waals surface area contributed by atoms with E-state index in [1.54, 1.807) is 0 Å². The first-order valence-electron chi connectivity index (χ1n) is 10.4. The predicted molar refractivity (Wildman–Crippen MR) is 118 cm³/mol. The number of carbonyl (C=O) groups is 1. The normalized spacial score (nSPS) is 20.3.